The van der Waals surface area contributed by atoms with E-state index in [0.29, 0.717) is 25.1 Å². The highest BCUT2D eigenvalue weighted by Gasteiger charge is 2.21. The Hall–Kier alpha value is -1.63. The monoisotopic (exact) mass is 358 g/mol. The minimum absolute atomic E-state index is 0.262. The zero-order chi connectivity index (χ0) is 15.7. The Kier molecular flexibility index (Phi) is 7.74. The van der Waals surface area contributed by atoms with Gasteiger partial charge in [0.2, 0.25) is 0 Å². The standard InChI is InChI=1S/C13H16BrFN4O2/c1-2-21-13(20)12(17-6-3-7-18-19-16)9-4-5-11(15)10(14)8-9/h4-5,8,12,17H,2-3,6-7H2,1H3. The summed E-state index contributed by atoms with van der Waals surface area (Å²) < 4.78 is 18.6. The van der Waals surface area contributed by atoms with Gasteiger partial charge < -0.3 is 10.1 Å². The average molecular weight is 359 g/mol. The van der Waals surface area contributed by atoms with Crippen molar-refractivity contribution in [3.63, 3.8) is 0 Å². The molecule has 6 nitrogen and oxygen atoms in total. The van der Waals surface area contributed by atoms with Crippen LogP contribution < -0.4 is 5.32 Å². The molecule has 0 saturated heterocycles. The maximum atomic E-state index is 13.3. The third-order valence-corrected chi connectivity index (χ3v) is 3.25. The molecule has 8 heteroatoms. The van der Waals surface area contributed by atoms with E-state index in [1.165, 1.54) is 18.2 Å². The van der Waals surface area contributed by atoms with Crippen molar-refractivity contribution >= 4 is 21.9 Å². The first-order valence-corrected chi connectivity index (χ1v) is 7.25. The molecule has 1 atom stereocenters. The van der Waals surface area contributed by atoms with Crippen LogP contribution in [0.5, 0.6) is 0 Å². The zero-order valence-corrected chi connectivity index (χ0v) is 13.1. The van der Waals surface area contributed by atoms with Gasteiger partial charge >= 0.3 is 5.97 Å². The minimum Gasteiger partial charge on any atom is -0.465 e. The van der Waals surface area contributed by atoms with E-state index in [1.54, 1.807) is 6.92 Å². The molecule has 0 aliphatic rings. The van der Waals surface area contributed by atoms with Gasteiger partial charge in [0.25, 0.3) is 0 Å². The number of esters is 1. The van der Waals surface area contributed by atoms with Gasteiger partial charge in [-0.15, -0.1) is 0 Å². The summed E-state index contributed by atoms with van der Waals surface area (Å²) in [6.45, 7) is 2.79. The highest BCUT2D eigenvalue weighted by Crippen LogP contribution is 2.22. The number of nitrogens with zero attached hydrogens (tertiary/aromatic N) is 3. The van der Waals surface area contributed by atoms with Gasteiger partial charge in [0.1, 0.15) is 11.9 Å². The van der Waals surface area contributed by atoms with Gasteiger partial charge in [-0.2, -0.15) is 0 Å². The number of benzene rings is 1. The zero-order valence-electron chi connectivity index (χ0n) is 11.6. The number of ether oxygens (including phenoxy) is 1. The van der Waals surface area contributed by atoms with Gasteiger partial charge in [0.05, 0.1) is 11.1 Å². The molecule has 1 aromatic carbocycles. The van der Waals surface area contributed by atoms with E-state index in [9.17, 15) is 9.18 Å². The van der Waals surface area contributed by atoms with Crippen LogP contribution in [-0.4, -0.2) is 25.7 Å². The van der Waals surface area contributed by atoms with Crippen LogP contribution in [0.3, 0.4) is 0 Å². The van der Waals surface area contributed by atoms with Crippen LogP contribution in [0.25, 0.3) is 10.4 Å². The van der Waals surface area contributed by atoms with Crippen LogP contribution in [0.2, 0.25) is 0 Å². The number of hydrogen-bond acceptors (Lipinski definition) is 4. The summed E-state index contributed by atoms with van der Waals surface area (Å²) in [7, 11) is 0. The van der Waals surface area contributed by atoms with Crippen molar-refractivity contribution < 1.29 is 13.9 Å². The van der Waals surface area contributed by atoms with Crippen LogP contribution in [0.1, 0.15) is 24.9 Å². The van der Waals surface area contributed by atoms with Gasteiger partial charge in [-0.05, 0) is 59.0 Å². The van der Waals surface area contributed by atoms with E-state index in [0.717, 1.165) is 0 Å². The Morgan fingerprint density at radius 2 is 2.38 bits per heavy atom. The Morgan fingerprint density at radius 1 is 1.62 bits per heavy atom. The Morgan fingerprint density at radius 3 is 3.00 bits per heavy atom. The lowest BCUT2D eigenvalue weighted by Crippen LogP contribution is -2.31. The van der Waals surface area contributed by atoms with Gasteiger partial charge in [-0.25, -0.2) is 9.18 Å². The summed E-state index contributed by atoms with van der Waals surface area (Å²) in [5.41, 5.74) is 8.79. The quantitative estimate of drug-likeness (QED) is 0.253. The van der Waals surface area contributed by atoms with Crippen LogP contribution in [-0.2, 0) is 9.53 Å². The average Bonchev–Trinajstić information content (AvgIpc) is 2.46. The molecular weight excluding hydrogens is 343 g/mol. The molecular formula is C13H16BrFN4O2. The largest absolute Gasteiger partial charge is 0.465 e. The van der Waals surface area contributed by atoms with E-state index in [1.807, 2.05) is 0 Å². The van der Waals surface area contributed by atoms with Crippen molar-refractivity contribution in [3.05, 3.63) is 44.5 Å². The van der Waals surface area contributed by atoms with Gasteiger partial charge in [0, 0.05) is 11.5 Å². The van der Waals surface area contributed by atoms with Crippen LogP contribution in [0, 0.1) is 5.82 Å². The first-order chi connectivity index (χ1) is 10.1. The highest BCUT2D eigenvalue weighted by molar-refractivity contribution is 9.10. The number of carbonyl (C=O) groups excluding carboxylic acids is 1. The minimum atomic E-state index is -0.687. The highest BCUT2D eigenvalue weighted by atomic mass is 79.9. The fourth-order valence-electron chi connectivity index (χ4n) is 1.70. The van der Waals surface area contributed by atoms with Crippen molar-refractivity contribution in [2.24, 2.45) is 5.11 Å². The fourth-order valence-corrected chi connectivity index (χ4v) is 2.09. The van der Waals surface area contributed by atoms with E-state index < -0.39 is 17.8 Å². The molecule has 0 fully saturated rings. The molecule has 0 saturated carbocycles. The van der Waals surface area contributed by atoms with E-state index >= 15 is 0 Å². The van der Waals surface area contributed by atoms with Crippen LogP contribution >= 0.6 is 15.9 Å². The summed E-state index contributed by atoms with van der Waals surface area (Å²) in [6, 6.07) is 3.67. The molecule has 0 heterocycles. The molecule has 0 aliphatic heterocycles. The van der Waals surface area contributed by atoms with E-state index in [-0.39, 0.29) is 11.1 Å². The van der Waals surface area contributed by atoms with Gasteiger partial charge in [-0.1, -0.05) is 11.2 Å². The maximum absolute atomic E-state index is 13.3. The maximum Gasteiger partial charge on any atom is 0.327 e. The number of halogens is 2. The molecule has 114 valence electrons. The van der Waals surface area contributed by atoms with Crippen molar-refractivity contribution in [1.29, 1.82) is 0 Å². The third kappa shape index (κ3) is 5.71. The second kappa shape index (κ2) is 9.33. The molecule has 1 aromatic rings. The summed E-state index contributed by atoms with van der Waals surface area (Å²) in [5, 5.41) is 6.44. The Balaban J connectivity index is 2.78. The lowest BCUT2D eigenvalue weighted by atomic mass is 10.1. The molecule has 0 aromatic heterocycles. The predicted octanol–water partition coefficient (Wildman–Crippen LogP) is 3.48. The number of azide groups is 1. The lowest BCUT2D eigenvalue weighted by Gasteiger charge is -2.18. The van der Waals surface area contributed by atoms with Crippen molar-refractivity contribution in [3.8, 4) is 0 Å². The summed E-state index contributed by atoms with van der Waals surface area (Å²) in [4.78, 5) is 14.6. The second-order valence-corrected chi connectivity index (χ2v) is 4.98. The fraction of sp³-hybridized carbons (Fsp3) is 0.462. The van der Waals surface area contributed by atoms with Crippen LogP contribution in [0.15, 0.2) is 27.8 Å². The molecule has 0 radical (unpaired) electrons. The van der Waals surface area contributed by atoms with Crippen molar-refractivity contribution in [2.45, 2.75) is 19.4 Å². The van der Waals surface area contributed by atoms with Crippen molar-refractivity contribution in [2.75, 3.05) is 19.7 Å². The Labute approximate surface area is 130 Å². The van der Waals surface area contributed by atoms with Gasteiger partial charge in [-0.3, -0.25) is 0 Å². The second-order valence-electron chi connectivity index (χ2n) is 4.12. The molecule has 21 heavy (non-hydrogen) atoms. The van der Waals surface area contributed by atoms with E-state index in [2.05, 4.69) is 31.3 Å². The van der Waals surface area contributed by atoms with E-state index in [4.69, 9.17) is 10.3 Å². The number of rotatable bonds is 8. The lowest BCUT2D eigenvalue weighted by molar-refractivity contribution is -0.145. The first kappa shape index (κ1) is 17.4. The normalized spacial score (nSPS) is 11.6. The SMILES string of the molecule is CCOC(=O)C(NCCCN=[N+]=[N-])c1ccc(F)c(Br)c1. The van der Waals surface area contributed by atoms with Crippen molar-refractivity contribution in [1.82, 2.24) is 5.32 Å². The smallest absolute Gasteiger partial charge is 0.327 e. The topological polar surface area (TPSA) is 87.1 Å². The molecule has 0 spiro atoms. The first-order valence-electron chi connectivity index (χ1n) is 6.46. The molecule has 0 bridgehead atoms. The predicted molar refractivity (Wildman–Crippen MR) is 80.1 cm³/mol. The molecule has 0 amide bonds. The molecule has 1 N–H and O–H groups in total. The third-order valence-electron chi connectivity index (χ3n) is 2.65. The summed E-state index contributed by atoms with van der Waals surface area (Å²) >= 11 is 3.09. The summed E-state index contributed by atoms with van der Waals surface area (Å²) in [5.74, 6) is -0.829. The number of nitrogens with one attached hydrogen (secondary N) is 1. The molecule has 1 unspecified atom stereocenters. The number of hydrogen-bond donors (Lipinski definition) is 1. The van der Waals surface area contributed by atoms with Crippen LogP contribution in [0.4, 0.5) is 4.39 Å². The molecule has 1 rings (SSSR count). The number of carbonyl (C=O) groups is 1. The van der Waals surface area contributed by atoms with Gasteiger partial charge in [0.15, 0.2) is 0 Å². The molecule has 0 aliphatic carbocycles. The Bertz CT molecular complexity index is 535. The summed E-state index contributed by atoms with van der Waals surface area (Å²) in [6.07, 6.45) is 0.586.